The summed E-state index contributed by atoms with van der Waals surface area (Å²) in [4.78, 5) is 4.68. The molecule has 5 heteroatoms. The van der Waals surface area contributed by atoms with Crippen molar-refractivity contribution in [2.75, 3.05) is 19.7 Å². The molecule has 0 bridgehead atoms. The minimum absolute atomic E-state index is 0.457. The van der Waals surface area contributed by atoms with Gasteiger partial charge in [-0.3, -0.25) is 4.90 Å². The maximum Gasteiger partial charge on any atom is 0.138 e. The Balaban J connectivity index is 1.97. The molecule has 3 nitrogen and oxygen atoms in total. The Hall–Kier alpha value is -0.780. The smallest absolute Gasteiger partial charge is 0.138 e. The van der Waals surface area contributed by atoms with Crippen molar-refractivity contribution in [3.8, 4) is 5.75 Å². The molecule has 0 aromatic heterocycles. The van der Waals surface area contributed by atoms with E-state index in [0.29, 0.717) is 6.04 Å². The van der Waals surface area contributed by atoms with Crippen LogP contribution in [0.3, 0.4) is 0 Å². The maximum absolute atomic E-state index is 5.40. The van der Waals surface area contributed by atoms with Crippen LogP contribution < -0.4 is 4.74 Å². The predicted octanol–water partition coefficient (Wildman–Crippen LogP) is 3.15. The Morgan fingerprint density at radius 1 is 1.32 bits per heavy atom. The average Bonchev–Trinajstić information content (AvgIpc) is 2.41. The van der Waals surface area contributed by atoms with E-state index in [1.165, 1.54) is 5.56 Å². The number of thioether (sulfide) groups is 1. The topological polar surface area (TPSA) is 15.7 Å². The average molecular weight is 296 g/mol. The van der Waals surface area contributed by atoms with E-state index in [4.69, 9.17) is 17.0 Å². The Kier molecular flexibility index (Phi) is 5.07. The highest BCUT2D eigenvalue weighted by Crippen LogP contribution is 2.22. The Morgan fingerprint density at radius 2 is 2.00 bits per heavy atom. The summed E-state index contributed by atoms with van der Waals surface area (Å²) >= 11 is 7.15. The fraction of sp³-hybridized carbons (Fsp3) is 0.500. The monoisotopic (exact) mass is 296 g/mol. The second-order valence-electron chi connectivity index (χ2n) is 4.92. The Morgan fingerprint density at radius 3 is 2.58 bits per heavy atom. The van der Waals surface area contributed by atoms with Crippen molar-refractivity contribution in [1.82, 2.24) is 9.80 Å². The first-order valence-corrected chi connectivity index (χ1v) is 7.78. The predicted molar refractivity (Wildman–Crippen MR) is 85.4 cm³/mol. The van der Waals surface area contributed by atoms with Gasteiger partial charge in [-0.1, -0.05) is 36.1 Å². The highest BCUT2D eigenvalue weighted by Gasteiger charge is 2.23. The van der Waals surface area contributed by atoms with Crippen molar-refractivity contribution in [1.29, 1.82) is 0 Å². The number of rotatable bonds is 4. The van der Waals surface area contributed by atoms with Gasteiger partial charge in [0, 0.05) is 12.6 Å². The number of hydrogen-bond acceptors (Lipinski definition) is 4. The van der Waals surface area contributed by atoms with Crippen molar-refractivity contribution in [2.45, 2.75) is 26.4 Å². The molecule has 1 aromatic rings. The van der Waals surface area contributed by atoms with Gasteiger partial charge in [-0.2, -0.15) is 0 Å². The van der Waals surface area contributed by atoms with Crippen molar-refractivity contribution in [2.24, 2.45) is 0 Å². The lowest BCUT2D eigenvalue weighted by Crippen LogP contribution is -2.47. The molecule has 0 radical (unpaired) electrons. The van der Waals surface area contributed by atoms with Gasteiger partial charge in [0.2, 0.25) is 0 Å². The van der Waals surface area contributed by atoms with Crippen molar-refractivity contribution >= 4 is 28.3 Å². The van der Waals surface area contributed by atoms with Gasteiger partial charge in [-0.15, -0.1) is 0 Å². The second-order valence-corrected chi connectivity index (χ2v) is 6.50. The van der Waals surface area contributed by atoms with Gasteiger partial charge in [0.25, 0.3) is 0 Å². The molecule has 0 saturated carbocycles. The molecule has 0 spiro atoms. The van der Waals surface area contributed by atoms with Gasteiger partial charge in [0.15, 0.2) is 0 Å². The standard InChI is InChI=1S/C14H20N2OS2/c1-11(2)16-9-15(10-19-14(16)18)8-12-4-6-13(17-3)7-5-12/h4-7,11H,8-10H2,1-3H3. The summed E-state index contributed by atoms with van der Waals surface area (Å²) in [5, 5.41) is 0. The molecule has 19 heavy (non-hydrogen) atoms. The normalized spacial score (nSPS) is 17.1. The molecular weight excluding hydrogens is 276 g/mol. The van der Waals surface area contributed by atoms with Crippen LogP contribution in [-0.2, 0) is 6.54 Å². The van der Waals surface area contributed by atoms with Crippen LogP contribution in [0.15, 0.2) is 24.3 Å². The third-order valence-corrected chi connectivity index (χ3v) is 4.71. The first-order valence-electron chi connectivity index (χ1n) is 6.39. The molecule has 0 aliphatic carbocycles. The summed E-state index contributed by atoms with van der Waals surface area (Å²) in [6, 6.07) is 8.72. The van der Waals surface area contributed by atoms with E-state index in [1.807, 2.05) is 12.1 Å². The number of benzene rings is 1. The van der Waals surface area contributed by atoms with Crippen molar-refractivity contribution in [3.05, 3.63) is 29.8 Å². The first-order chi connectivity index (χ1) is 9.10. The molecule has 0 N–H and O–H groups in total. The molecule has 1 heterocycles. The van der Waals surface area contributed by atoms with Gasteiger partial charge < -0.3 is 9.64 Å². The molecular formula is C14H20N2OS2. The highest BCUT2D eigenvalue weighted by atomic mass is 32.2. The summed E-state index contributed by atoms with van der Waals surface area (Å²) in [5.74, 6) is 1.87. The van der Waals surface area contributed by atoms with Gasteiger partial charge >= 0.3 is 0 Å². The van der Waals surface area contributed by atoms with Crippen LogP contribution in [0.4, 0.5) is 0 Å². The van der Waals surface area contributed by atoms with Gasteiger partial charge in [0.1, 0.15) is 10.1 Å². The lowest BCUT2D eigenvalue weighted by molar-refractivity contribution is 0.182. The molecule has 1 fully saturated rings. The second kappa shape index (κ2) is 6.59. The molecule has 0 amide bonds. The Bertz CT molecular complexity index is 434. The zero-order valence-electron chi connectivity index (χ0n) is 11.6. The van der Waals surface area contributed by atoms with Crippen LogP contribution in [0.5, 0.6) is 5.75 Å². The maximum atomic E-state index is 5.40. The van der Waals surface area contributed by atoms with Crippen LogP contribution in [-0.4, -0.2) is 39.8 Å². The molecule has 104 valence electrons. The number of methoxy groups -OCH3 is 1. The van der Waals surface area contributed by atoms with Crippen LogP contribution in [0.2, 0.25) is 0 Å². The SMILES string of the molecule is COc1ccc(CN2CSC(=S)N(C(C)C)C2)cc1. The van der Waals surface area contributed by atoms with Crippen molar-refractivity contribution in [3.63, 3.8) is 0 Å². The summed E-state index contributed by atoms with van der Waals surface area (Å²) in [6.45, 7) is 6.23. The summed E-state index contributed by atoms with van der Waals surface area (Å²) in [6.07, 6.45) is 0. The summed E-state index contributed by atoms with van der Waals surface area (Å²) < 4.78 is 6.19. The molecule has 0 unspecified atom stereocenters. The van der Waals surface area contributed by atoms with Crippen LogP contribution in [0.1, 0.15) is 19.4 Å². The summed E-state index contributed by atoms with van der Waals surface area (Å²) in [7, 11) is 1.69. The number of ether oxygens (including phenoxy) is 1. The molecule has 1 aromatic carbocycles. The molecule has 1 saturated heterocycles. The van der Waals surface area contributed by atoms with Gasteiger partial charge in [-0.05, 0) is 31.5 Å². The fourth-order valence-corrected chi connectivity index (χ4v) is 3.33. The largest absolute Gasteiger partial charge is 0.497 e. The third-order valence-electron chi connectivity index (χ3n) is 3.15. The van der Waals surface area contributed by atoms with E-state index in [9.17, 15) is 0 Å². The molecule has 2 rings (SSSR count). The van der Waals surface area contributed by atoms with E-state index in [-0.39, 0.29) is 0 Å². The lowest BCUT2D eigenvalue weighted by atomic mass is 10.2. The Labute approximate surface area is 124 Å². The van der Waals surface area contributed by atoms with Crippen LogP contribution in [0, 0.1) is 0 Å². The van der Waals surface area contributed by atoms with E-state index in [0.717, 1.165) is 29.2 Å². The number of thiocarbonyl (C=S) groups is 1. The van der Waals surface area contributed by atoms with E-state index >= 15 is 0 Å². The molecule has 1 aliphatic heterocycles. The first kappa shape index (κ1) is 14.6. The highest BCUT2D eigenvalue weighted by molar-refractivity contribution is 8.22. The van der Waals surface area contributed by atoms with E-state index in [1.54, 1.807) is 18.9 Å². The lowest BCUT2D eigenvalue weighted by Gasteiger charge is -2.39. The van der Waals surface area contributed by atoms with Crippen LogP contribution >= 0.6 is 24.0 Å². The van der Waals surface area contributed by atoms with Crippen molar-refractivity contribution < 1.29 is 4.74 Å². The zero-order chi connectivity index (χ0) is 13.8. The van der Waals surface area contributed by atoms with Gasteiger partial charge in [-0.25, -0.2) is 0 Å². The molecule has 0 atom stereocenters. The van der Waals surface area contributed by atoms with E-state index < -0.39 is 0 Å². The number of hydrogen-bond donors (Lipinski definition) is 0. The number of nitrogens with zero attached hydrogens (tertiary/aromatic N) is 2. The fourth-order valence-electron chi connectivity index (χ4n) is 2.00. The summed E-state index contributed by atoms with van der Waals surface area (Å²) in [5.41, 5.74) is 1.30. The van der Waals surface area contributed by atoms with E-state index in [2.05, 4.69) is 35.8 Å². The third kappa shape index (κ3) is 3.84. The molecule has 1 aliphatic rings. The zero-order valence-corrected chi connectivity index (χ0v) is 13.3. The van der Waals surface area contributed by atoms with Gasteiger partial charge in [0.05, 0.1) is 19.7 Å². The minimum atomic E-state index is 0.457. The quantitative estimate of drug-likeness (QED) is 0.791. The van der Waals surface area contributed by atoms with Crippen LogP contribution in [0.25, 0.3) is 0 Å². The minimum Gasteiger partial charge on any atom is -0.497 e.